The molecule has 194 valence electrons. The number of benzene rings is 2. The Labute approximate surface area is 215 Å². The first kappa shape index (κ1) is 25.8. The highest BCUT2D eigenvalue weighted by molar-refractivity contribution is 6.46. The maximum absolute atomic E-state index is 13.3. The van der Waals surface area contributed by atoms with Crippen molar-refractivity contribution in [1.29, 1.82) is 0 Å². The van der Waals surface area contributed by atoms with Gasteiger partial charge in [0.2, 0.25) is 0 Å². The molecule has 3 aromatic rings. The van der Waals surface area contributed by atoms with Gasteiger partial charge in [-0.15, -0.1) is 0 Å². The number of aryl methyl sites for hydroxylation is 1. The third kappa shape index (κ3) is 5.45. The number of imidazole rings is 1. The number of aromatic nitrogens is 2. The number of carbonyl (C=O) groups excluding carboxylic acids is 2. The van der Waals surface area contributed by atoms with E-state index in [1.54, 1.807) is 62.1 Å². The van der Waals surface area contributed by atoms with Gasteiger partial charge in [0.05, 0.1) is 38.3 Å². The fourth-order valence-electron chi connectivity index (χ4n) is 4.44. The molecule has 0 spiro atoms. The Morgan fingerprint density at radius 1 is 1.00 bits per heavy atom. The first-order valence-electron chi connectivity index (χ1n) is 12.3. The van der Waals surface area contributed by atoms with E-state index in [0.29, 0.717) is 61.1 Å². The Kier molecular flexibility index (Phi) is 8.12. The standard InChI is InChI=1S/C28H31N3O6/c1-4-36-22-12-9-20(17-23(22)37-5-2)25-24(26(32)19-7-10-21(35-3)11-8-19)27(33)28(34)31(25)15-6-14-30-16-13-29-18-30/h7-13,16-18,25,32H,4-6,14-15H2,1-3H3/b26-24-. The summed E-state index contributed by atoms with van der Waals surface area (Å²) in [5.74, 6) is 0.0665. The predicted molar refractivity (Wildman–Crippen MR) is 138 cm³/mol. The summed E-state index contributed by atoms with van der Waals surface area (Å²) in [6, 6.07) is 11.2. The number of amides is 1. The van der Waals surface area contributed by atoms with Crippen molar-refractivity contribution in [3.05, 3.63) is 77.9 Å². The molecule has 9 nitrogen and oxygen atoms in total. The molecule has 0 aliphatic carbocycles. The molecular weight excluding hydrogens is 474 g/mol. The summed E-state index contributed by atoms with van der Waals surface area (Å²) >= 11 is 0. The van der Waals surface area contributed by atoms with Crippen LogP contribution in [0.1, 0.15) is 37.4 Å². The average molecular weight is 506 g/mol. The van der Waals surface area contributed by atoms with Gasteiger partial charge in [0, 0.05) is 31.0 Å². The second-order valence-corrected chi connectivity index (χ2v) is 8.45. The first-order valence-corrected chi connectivity index (χ1v) is 12.3. The molecule has 1 aromatic heterocycles. The third-order valence-electron chi connectivity index (χ3n) is 6.16. The normalized spacial score (nSPS) is 16.7. The van der Waals surface area contributed by atoms with Crippen LogP contribution in [0.2, 0.25) is 0 Å². The van der Waals surface area contributed by atoms with Gasteiger partial charge < -0.3 is 28.8 Å². The molecule has 1 saturated heterocycles. The molecule has 0 saturated carbocycles. The third-order valence-corrected chi connectivity index (χ3v) is 6.16. The molecule has 1 aliphatic rings. The average Bonchev–Trinajstić information content (AvgIpc) is 3.52. The lowest BCUT2D eigenvalue weighted by atomic mass is 9.95. The van der Waals surface area contributed by atoms with E-state index in [1.807, 2.05) is 24.6 Å². The summed E-state index contributed by atoms with van der Waals surface area (Å²) < 4.78 is 18.6. The van der Waals surface area contributed by atoms with Crippen LogP contribution in [0.5, 0.6) is 17.2 Å². The van der Waals surface area contributed by atoms with Gasteiger partial charge in [0.15, 0.2) is 11.5 Å². The highest BCUT2D eigenvalue weighted by atomic mass is 16.5. The van der Waals surface area contributed by atoms with Crippen molar-refractivity contribution in [2.45, 2.75) is 32.9 Å². The van der Waals surface area contributed by atoms with Crippen LogP contribution in [0, 0.1) is 0 Å². The van der Waals surface area contributed by atoms with Gasteiger partial charge in [-0.3, -0.25) is 9.59 Å². The molecule has 2 aromatic carbocycles. The zero-order chi connectivity index (χ0) is 26.4. The summed E-state index contributed by atoms with van der Waals surface area (Å²) in [5, 5.41) is 11.3. The number of aliphatic hydroxyl groups is 1. The molecule has 1 aliphatic heterocycles. The number of likely N-dealkylation sites (tertiary alicyclic amines) is 1. The van der Waals surface area contributed by atoms with Gasteiger partial charge in [-0.05, 0) is 62.2 Å². The fraction of sp³-hybridized carbons (Fsp3) is 0.321. The van der Waals surface area contributed by atoms with Crippen molar-refractivity contribution in [1.82, 2.24) is 14.5 Å². The number of nitrogens with zero attached hydrogens (tertiary/aromatic N) is 3. The Bertz CT molecular complexity index is 1270. The smallest absolute Gasteiger partial charge is 0.295 e. The van der Waals surface area contributed by atoms with Crippen LogP contribution in [0.4, 0.5) is 0 Å². The van der Waals surface area contributed by atoms with Gasteiger partial charge in [0.25, 0.3) is 11.7 Å². The van der Waals surface area contributed by atoms with Crippen molar-refractivity contribution < 1.29 is 28.9 Å². The Morgan fingerprint density at radius 3 is 2.38 bits per heavy atom. The van der Waals surface area contributed by atoms with Crippen LogP contribution in [-0.2, 0) is 16.1 Å². The largest absolute Gasteiger partial charge is 0.507 e. The lowest BCUT2D eigenvalue weighted by molar-refractivity contribution is -0.139. The quantitative estimate of drug-likeness (QED) is 0.237. The van der Waals surface area contributed by atoms with E-state index >= 15 is 0 Å². The van der Waals surface area contributed by atoms with Gasteiger partial charge in [0.1, 0.15) is 11.5 Å². The molecular formula is C28H31N3O6. The van der Waals surface area contributed by atoms with E-state index in [-0.39, 0.29) is 11.3 Å². The van der Waals surface area contributed by atoms with E-state index in [0.717, 1.165) is 0 Å². The van der Waals surface area contributed by atoms with E-state index in [2.05, 4.69) is 4.98 Å². The molecule has 1 amide bonds. The number of methoxy groups -OCH3 is 1. The molecule has 1 fully saturated rings. The molecule has 4 rings (SSSR count). The summed E-state index contributed by atoms with van der Waals surface area (Å²) in [6.45, 7) is 5.57. The monoisotopic (exact) mass is 505 g/mol. The van der Waals surface area contributed by atoms with Crippen LogP contribution in [0.3, 0.4) is 0 Å². The minimum absolute atomic E-state index is 0.0319. The maximum atomic E-state index is 13.3. The summed E-state index contributed by atoms with van der Waals surface area (Å²) in [6.07, 6.45) is 5.83. The SMILES string of the molecule is CCOc1ccc(C2/C(=C(/O)c3ccc(OC)cc3)C(=O)C(=O)N2CCCn2ccnc2)cc1OCC. The number of ether oxygens (including phenoxy) is 3. The van der Waals surface area contributed by atoms with E-state index < -0.39 is 17.7 Å². The molecule has 1 atom stereocenters. The Morgan fingerprint density at radius 2 is 1.73 bits per heavy atom. The van der Waals surface area contributed by atoms with E-state index in [4.69, 9.17) is 14.2 Å². The number of hydrogen-bond acceptors (Lipinski definition) is 7. The van der Waals surface area contributed by atoms with E-state index in [1.165, 1.54) is 4.90 Å². The molecule has 1 unspecified atom stereocenters. The second-order valence-electron chi connectivity index (χ2n) is 8.45. The Hall–Kier alpha value is -4.27. The van der Waals surface area contributed by atoms with Crippen LogP contribution in [0.15, 0.2) is 66.8 Å². The van der Waals surface area contributed by atoms with Crippen LogP contribution >= 0.6 is 0 Å². The molecule has 1 N–H and O–H groups in total. The van der Waals surface area contributed by atoms with Crippen molar-refractivity contribution >= 4 is 17.4 Å². The number of hydrogen-bond donors (Lipinski definition) is 1. The van der Waals surface area contributed by atoms with Crippen LogP contribution < -0.4 is 14.2 Å². The molecule has 9 heteroatoms. The van der Waals surface area contributed by atoms with Crippen LogP contribution in [0.25, 0.3) is 5.76 Å². The van der Waals surface area contributed by atoms with Crippen molar-refractivity contribution in [2.75, 3.05) is 26.9 Å². The zero-order valence-electron chi connectivity index (χ0n) is 21.2. The minimum Gasteiger partial charge on any atom is -0.507 e. The molecule has 0 bridgehead atoms. The molecule has 2 heterocycles. The predicted octanol–water partition coefficient (Wildman–Crippen LogP) is 4.20. The highest BCUT2D eigenvalue weighted by Gasteiger charge is 2.46. The van der Waals surface area contributed by atoms with Crippen molar-refractivity contribution in [3.63, 3.8) is 0 Å². The zero-order valence-corrected chi connectivity index (χ0v) is 21.2. The number of rotatable bonds is 11. The fourth-order valence-corrected chi connectivity index (χ4v) is 4.44. The van der Waals surface area contributed by atoms with E-state index in [9.17, 15) is 14.7 Å². The van der Waals surface area contributed by atoms with Gasteiger partial charge >= 0.3 is 0 Å². The minimum atomic E-state index is -0.792. The van der Waals surface area contributed by atoms with Gasteiger partial charge in [-0.2, -0.15) is 0 Å². The summed E-state index contributed by atoms with van der Waals surface area (Å²) in [7, 11) is 1.55. The highest BCUT2D eigenvalue weighted by Crippen LogP contribution is 2.42. The Balaban J connectivity index is 1.77. The van der Waals surface area contributed by atoms with Crippen molar-refractivity contribution in [3.8, 4) is 17.2 Å². The first-order chi connectivity index (χ1) is 18.0. The van der Waals surface area contributed by atoms with Crippen LogP contribution in [-0.4, -0.2) is 58.1 Å². The van der Waals surface area contributed by atoms with Crippen molar-refractivity contribution in [2.24, 2.45) is 0 Å². The molecule has 0 radical (unpaired) electrons. The van der Waals surface area contributed by atoms with Gasteiger partial charge in [-0.25, -0.2) is 4.98 Å². The number of ketones is 1. The van der Waals surface area contributed by atoms with Gasteiger partial charge in [-0.1, -0.05) is 6.07 Å². The lowest BCUT2D eigenvalue weighted by Gasteiger charge is -2.26. The second kappa shape index (κ2) is 11.6. The summed E-state index contributed by atoms with van der Waals surface area (Å²) in [5.41, 5.74) is 1.09. The summed E-state index contributed by atoms with van der Waals surface area (Å²) in [4.78, 5) is 32.1. The number of aliphatic hydroxyl groups excluding tert-OH is 1. The lowest BCUT2D eigenvalue weighted by Crippen LogP contribution is -2.31. The number of carbonyl (C=O) groups is 2. The molecule has 37 heavy (non-hydrogen) atoms. The number of Topliss-reactive ketones (excluding diaryl/α,β-unsaturated/α-hetero) is 1. The maximum Gasteiger partial charge on any atom is 0.295 e. The topological polar surface area (TPSA) is 103 Å².